The van der Waals surface area contributed by atoms with Crippen LogP contribution >= 0.6 is 0 Å². The Morgan fingerprint density at radius 2 is 1.77 bits per heavy atom. The third-order valence-corrected chi connectivity index (χ3v) is 4.79. The van der Waals surface area contributed by atoms with E-state index in [2.05, 4.69) is 5.32 Å². The lowest BCUT2D eigenvalue weighted by Gasteiger charge is -2.35. The van der Waals surface area contributed by atoms with Gasteiger partial charge in [-0.05, 0) is 37.0 Å². The predicted octanol–water partition coefficient (Wildman–Crippen LogP) is 2.31. The van der Waals surface area contributed by atoms with Crippen molar-refractivity contribution in [1.82, 2.24) is 9.80 Å². The van der Waals surface area contributed by atoms with Crippen molar-refractivity contribution < 1.29 is 31.7 Å². The lowest BCUT2D eigenvalue weighted by molar-refractivity contribution is -0.117. The minimum absolute atomic E-state index is 0.0719. The molecule has 1 amide bonds. The molecule has 1 atom stereocenters. The van der Waals surface area contributed by atoms with Gasteiger partial charge in [0.15, 0.2) is 11.5 Å². The van der Waals surface area contributed by atoms with Gasteiger partial charge in [0, 0.05) is 49.3 Å². The Labute approximate surface area is 197 Å². The minimum atomic E-state index is -2.65. The van der Waals surface area contributed by atoms with E-state index in [1.807, 2.05) is 0 Å². The zero-order valence-electron chi connectivity index (χ0n) is 26.4. The van der Waals surface area contributed by atoms with E-state index in [0.29, 0.717) is 5.75 Å². The molecule has 0 radical (unpaired) electrons. The van der Waals surface area contributed by atoms with Crippen molar-refractivity contribution in [2.45, 2.75) is 19.8 Å². The zero-order valence-corrected chi connectivity index (χ0v) is 17.4. The van der Waals surface area contributed by atoms with Crippen LogP contribution in [0.25, 0.3) is 0 Å². The molecule has 0 spiro atoms. The van der Waals surface area contributed by atoms with E-state index in [4.69, 9.17) is 21.8 Å². The lowest BCUT2D eigenvalue weighted by atomic mass is 10.1. The van der Waals surface area contributed by atoms with E-state index in [1.54, 1.807) is 29.2 Å². The molecule has 0 bridgehead atoms. The van der Waals surface area contributed by atoms with Crippen molar-refractivity contribution in [2.24, 2.45) is 0 Å². The summed E-state index contributed by atoms with van der Waals surface area (Å²) >= 11 is 0. The van der Waals surface area contributed by atoms with Gasteiger partial charge in [0.1, 0.15) is 12.7 Å². The summed E-state index contributed by atoms with van der Waals surface area (Å²) in [6.07, 6.45) is -2.64. The second-order valence-corrected chi connectivity index (χ2v) is 7.04. The predicted molar refractivity (Wildman–Crippen MR) is 122 cm³/mol. The van der Waals surface area contributed by atoms with Crippen LogP contribution in [-0.4, -0.2) is 79.8 Å². The molecule has 1 unspecified atom stereocenters. The van der Waals surface area contributed by atoms with E-state index in [1.165, 1.54) is 30.2 Å². The fourth-order valence-corrected chi connectivity index (χ4v) is 3.19. The maximum absolute atomic E-state index is 12.8. The van der Waals surface area contributed by atoms with Crippen molar-refractivity contribution in [2.75, 3.05) is 58.3 Å². The second kappa shape index (κ2) is 11.1. The molecule has 7 nitrogen and oxygen atoms in total. The Morgan fingerprint density at radius 3 is 2.42 bits per heavy atom. The fourth-order valence-electron chi connectivity index (χ4n) is 3.19. The maximum atomic E-state index is 12.8. The van der Waals surface area contributed by atoms with Gasteiger partial charge in [0.05, 0.1) is 15.0 Å². The third-order valence-electron chi connectivity index (χ3n) is 4.79. The van der Waals surface area contributed by atoms with E-state index >= 15 is 0 Å². The number of β-amino-alcohol motifs (C(OH)–C–C–N with tert-alkyl or cyclic N) is 1. The van der Waals surface area contributed by atoms with Gasteiger partial charge in [-0.3, -0.25) is 14.6 Å². The van der Waals surface area contributed by atoms with E-state index in [0.717, 1.165) is 0 Å². The number of nitrogens with one attached hydrogen (secondary N) is 1. The summed E-state index contributed by atoms with van der Waals surface area (Å²) < 4.78 is 82.3. The van der Waals surface area contributed by atoms with E-state index < -0.39 is 38.8 Å². The number of nitrogens with zero attached hydrogens (tertiary/aromatic N) is 2. The third kappa shape index (κ3) is 6.69. The number of carbonyl (C=O) groups excluding carboxylic acids is 1. The highest BCUT2D eigenvalue weighted by Gasteiger charge is 2.21. The van der Waals surface area contributed by atoms with Crippen LogP contribution in [0.4, 0.5) is 5.69 Å². The first-order chi connectivity index (χ1) is 18.5. The van der Waals surface area contributed by atoms with E-state index in [-0.39, 0.29) is 55.3 Å². The van der Waals surface area contributed by atoms with Gasteiger partial charge in [-0.2, -0.15) is 0 Å². The lowest BCUT2D eigenvalue weighted by Crippen LogP contribution is -2.50. The van der Waals surface area contributed by atoms with Crippen molar-refractivity contribution >= 4 is 11.6 Å². The summed E-state index contributed by atoms with van der Waals surface area (Å²) in [6.45, 7) is -8.13. The van der Waals surface area contributed by atoms with Gasteiger partial charge >= 0.3 is 0 Å². The van der Waals surface area contributed by atoms with Crippen molar-refractivity contribution in [3.05, 3.63) is 53.6 Å². The molecule has 2 aromatic carbocycles. The monoisotopic (exact) mass is 436 g/mol. The number of amides is 1. The SMILES string of the molecule is [2H]C([2H])([2H])c1cccc(C([2H])([2H])[2H])c1NC(=O)CN1CCN(C([2H])([2H])C([2H])(O)COc2ccccc2OC)CC1. The average molecular weight is 437 g/mol. The molecule has 1 heterocycles. The largest absolute Gasteiger partial charge is 0.493 e. The summed E-state index contributed by atoms with van der Waals surface area (Å²) in [4.78, 5) is 15.8. The Hall–Kier alpha value is -2.61. The number of methoxy groups -OCH3 is 1. The number of para-hydroxylation sites is 3. The summed E-state index contributed by atoms with van der Waals surface area (Å²) in [5.41, 5.74) is -0.827. The second-order valence-electron chi connectivity index (χ2n) is 7.04. The molecule has 168 valence electrons. The normalized spacial score (nSPS) is 22.6. The van der Waals surface area contributed by atoms with Gasteiger partial charge in [-0.15, -0.1) is 0 Å². The standard InChI is InChI=1S/C24H33N3O4/c1-18-7-6-8-19(2)24(18)25-23(29)16-27-13-11-26(12-14-27)15-20(28)17-31-22-10-5-4-9-21(22)30-3/h4-10,20,28H,11-17H2,1-3H3,(H,25,29)/i1D3,2D3,15D2,20D. The number of benzene rings is 2. The first-order valence-electron chi connectivity index (χ1n) is 14.4. The number of hydrogen-bond donors (Lipinski definition) is 2. The van der Waals surface area contributed by atoms with Crippen LogP contribution in [0.5, 0.6) is 11.5 Å². The summed E-state index contributed by atoms with van der Waals surface area (Å²) in [5, 5.41) is 13.2. The molecular weight excluding hydrogens is 394 g/mol. The topological polar surface area (TPSA) is 74.3 Å². The van der Waals surface area contributed by atoms with Gasteiger partial charge in [0.25, 0.3) is 0 Å². The number of hydrogen-bond acceptors (Lipinski definition) is 6. The average Bonchev–Trinajstić information content (AvgIpc) is 2.86. The molecule has 1 fully saturated rings. The first-order valence-corrected chi connectivity index (χ1v) is 9.87. The number of anilines is 1. The smallest absolute Gasteiger partial charge is 0.238 e. The van der Waals surface area contributed by atoms with Crippen molar-refractivity contribution in [3.8, 4) is 11.5 Å². The van der Waals surface area contributed by atoms with Crippen molar-refractivity contribution in [3.63, 3.8) is 0 Å². The Balaban J connectivity index is 1.62. The molecule has 7 heteroatoms. The summed E-state index contributed by atoms with van der Waals surface area (Å²) in [5.74, 6) is 0.00289. The molecule has 2 aromatic rings. The molecule has 1 saturated heterocycles. The number of ether oxygens (including phenoxy) is 2. The Morgan fingerprint density at radius 1 is 1.13 bits per heavy atom. The minimum Gasteiger partial charge on any atom is -0.493 e. The molecule has 0 saturated carbocycles. The molecule has 1 aliphatic rings. The fraction of sp³-hybridized carbons (Fsp3) is 0.458. The number of rotatable bonds is 9. The number of aryl methyl sites for hydroxylation is 2. The summed E-state index contributed by atoms with van der Waals surface area (Å²) in [6, 6.07) is 10.4. The van der Waals surface area contributed by atoms with Crippen LogP contribution < -0.4 is 14.8 Å². The maximum Gasteiger partial charge on any atom is 0.238 e. The Kier molecular flexibility index (Phi) is 4.93. The highest BCUT2D eigenvalue weighted by Crippen LogP contribution is 2.25. The zero-order chi connectivity index (χ0) is 29.9. The molecule has 0 aromatic heterocycles. The summed E-state index contributed by atoms with van der Waals surface area (Å²) in [7, 11) is 1.44. The number of aliphatic hydroxyl groups is 1. The number of piperazine rings is 1. The van der Waals surface area contributed by atoms with Gasteiger partial charge in [0.2, 0.25) is 5.91 Å². The molecular formula is C24H33N3O4. The van der Waals surface area contributed by atoms with Gasteiger partial charge in [-0.25, -0.2) is 0 Å². The number of carbonyl (C=O) groups is 1. The van der Waals surface area contributed by atoms with Gasteiger partial charge < -0.3 is 19.9 Å². The molecule has 2 N–H and O–H groups in total. The highest BCUT2D eigenvalue weighted by atomic mass is 16.5. The molecule has 31 heavy (non-hydrogen) atoms. The van der Waals surface area contributed by atoms with E-state index in [9.17, 15) is 9.90 Å². The molecule has 0 aliphatic carbocycles. The van der Waals surface area contributed by atoms with Gasteiger partial charge in [-0.1, -0.05) is 30.3 Å². The molecule has 3 rings (SSSR count). The van der Waals surface area contributed by atoms with Crippen LogP contribution in [-0.2, 0) is 4.79 Å². The van der Waals surface area contributed by atoms with Crippen LogP contribution in [0.3, 0.4) is 0 Å². The Bertz CT molecular complexity index is 1150. The first kappa shape index (κ1) is 13.7. The van der Waals surface area contributed by atoms with Crippen molar-refractivity contribution in [1.29, 1.82) is 0 Å². The van der Waals surface area contributed by atoms with Crippen LogP contribution in [0.2, 0.25) is 0 Å². The molecule has 1 aliphatic heterocycles. The highest BCUT2D eigenvalue weighted by molar-refractivity contribution is 5.93. The quantitative estimate of drug-likeness (QED) is 0.628. The van der Waals surface area contributed by atoms with Crippen LogP contribution in [0, 0.1) is 13.7 Å². The van der Waals surface area contributed by atoms with Crippen LogP contribution in [0.15, 0.2) is 42.5 Å². The van der Waals surface area contributed by atoms with Crippen LogP contribution in [0.1, 0.15) is 23.5 Å².